The molecule has 0 spiro atoms. The second kappa shape index (κ2) is 6.73. The van der Waals surface area contributed by atoms with Gasteiger partial charge in [0.15, 0.2) is 0 Å². The molecule has 1 atom stereocenters. The lowest BCUT2D eigenvalue weighted by Crippen LogP contribution is -2.32. The van der Waals surface area contributed by atoms with Gasteiger partial charge in [0.05, 0.1) is 6.04 Å². The van der Waals surface area contributed by atoms with Crippen LogP contribution in [0, 0.1) is 6.92 Å². The van der Waals surface area contributed by atoms with Crippen molar-refractivity contribution < 1.29 is 0 Å². The lowest BCUT2D eigenvalue weighted by atomic mass is 10.00. The van der Waals surface area contributed by atoms with Crippen molar-refractivity contribution in [2.45, 2.75) is 19.4 Å². The van der Waals surface area contributed by atoms with Crippen molar-refractivity contribution in [3.8, 4) is 0 Å². The Morgan fingerprint density at radius 1 is 1.09 bits per heavy atom. The van der Waals surface area contributed by atoms with Gasteiger partial charge in [0.1, 0.15) is 0 Å². The van der Waals surface area contributed by atoms with Crippen LogP contribution in [-0.4, -0.2) is 31.1 Å². The number of rotatable bonds is 3. The Labute approximate surface area is 145 Å². The van der Waals surface area contributed by atoms with Crippen molar-refractivity contribution in [3.63, 3.8) is 0 Å². The van der Waals surface area contributed by atoms with Gasteiger partial charge < -0.3 is 5.32 Å². The zero-order valence-corrected chi connectivity index (χ0v) is 15.1. The summed E-state index contributed by atoms with van der Waals surface area (Å²) in [7, 11) is 0. The number of fused-ring (bicyclic) bond motifs is 1. The van der Waals surface area contributed by atoms with Crippen molar-refractivity contribution in [2.24, 2.45) is 0 Å². The summed E-state index contributed by atoms with van der Waals surface area (Å²) in [5.74, 6) is 0. The van der Waals surface area contributed by atoms with Crippen molar-refractivity contribution in [1.29, 1.82) is 0 Å². The SMILES string of the molecule is Cc1ccsc1C(c1csc2ccccc12)N1CCCNCC1. The molecule has 4 rings (SSSR count). The quantitative estimate of drug-likeness (QED) is 0.745. The molecule has 0 aliphatic carbocycles. The first-order valence-electron chi connectivity index (χ1n) is 8.29. The third-order valence-electron chi connectivity index (χ3n) is 4.70. The highest BCUT2D eigenvalue weighted by atomic mass is 32.1. The minimum Gasteiger partial charge on any atom is -0.315 e. The highest BCUT2D eigenvalue weighted by molar-refractivity contribution is 7.17. The van der Waals surface area contributed by atoms with Gasteiger partial charge >= 0.3 is 0 Å². The van der Waals surface area contributed by atoms with Gasteiger partial charge in [-0.3, -0.25) is 4.90 Å². The Bertz CT molecular complexity index is 781. The fraction of sp³-hybridized carbons (Fsp3) is 0.368. The number of nitrogens with one attached hydrogen (secondary N) is 1. The molecular weight excluding hydrogens is 320 g/mol. The fourth-order valence-electron chi connectivity index (χ4n) is 3.50. The molecule has 0 saturated carbocycles. The van der Waals surface area contributed by atoms with E-state index in [1.807, 2.05) is 22.7 Å². The van der Waals surface area contributed by atoms with Crippen molar-refractivity contribution in [2.75, 3.05) is 26.2 Å². The van der Waals surface area contributed by atoms with Crippen LogP contribution >= 0.6 is 22.7 Å². The van der Waals surface area contributed by atoms with Crippen molar-refractivity contribution in [1.82, 2.24) is 10.2 Å². The van der Waals surface area contributed by atoms with E-state index < -0.39 is 0 Å². The van der Waals surface area contributed by atoms with Gasteiger partial charge in [-0.1, -0.05) is 18.2 Å². The fourth-order valence-corrected chi connectivity index (χ4v) is 5.56. The molecule has 0 radical (unpaired) electrons. The van der Waals surface area contributed by atoms with Gasteiger partial charge in [0, 0.05) is 29.2 Å². The molecule has 2 nitrogen and oxygen atoms in total. The van der Waals surface area contributed by atoms with Crippen LogP contribution in [0.2, 0.25) is 0 Å². The van der Waals surface area contributed by atoms with Gasteiger partial charge in [-0.15, -0.1) is 22.7 Å². The molecular formula is C19H22N2S2. The number of hydrogen-bond acceptors (Lipinski definition) is 4. The molecule has 1 aliphatic rings. The monoisotopic (exact) mass is 342 g/mol. The lowest BCUT2D eigenvalue weighted by Gasteiger charge is -2.30. The minimum atomic E-state index is 0.394. The summed E-state index contributed by atoms with van der Waals surface area (Å²) >= 11 is 3.78. The molecule has 1 unspecified atom stereocenters. The molecule has 23 heavy (non-hydrogen) atoms. The average Bonchev–Trinajstić information content (AvgIpc) is 3.08. The molecule has 3 heterocycles. The summed E-state index contributed by atoms with van der Waals surface area (Å²) in [5.41, 5.74) is 2.91. The molecule has 1 aliphatic heterocycles. The second-order valence-electron chi connectivity index (χ2n) is 6.20. The molecule has 1 fully saturated rings. The van der Waals surface area contributed by atoms with Crippen LogP contribution in [0.4, 0.5) is 0 Å². The summed E-state index contributed by atoms with van der Waals surface area (Å²) < 4.78 is 1.40. The molecule has 4 heteroatoms. The van der Waals surface area contributed by atoms with E-state index in [0.29, 0.717) is 6.04 Å². The van der Waals surface area contributed by atoms with E-state index in [0.717, 1.165) is 19.6 Å². The Kier molecular flexibility index (Phi) is 4.49. The van der Waals surface area contributed by atoms with Gasteiger partial charge in [0.2, 0.25) is 0 Å². The molecule has 0 amide bonds. The maximum atomic E-state index is 3.54. The molecule has 1 N–H and O–H groups in total. The molecule has 0 bridgehead atoms. The summed E-state index contributed by atoms with van der Waals surface area (Å²) in [6, 6.07) is 11.5. The van der Waals surface area contributed by atoms with E-state index in [1.165, 1.54) is 39.1 Å². The third-order valence-corrected chi connectivity index (χ3v) is 6.75. The molecule has 120 valence electrons. The van der Waals surface area contributed by atoms with Crippen LogP contribution in [0.5, 0.6) is 0 Å². The van der Waals surface area contributed by atoms with Crippen molar-refractivity contribution in [3.05, 3.63) is 57.1 Å². The zero-order chi connectivity index (χ0) is 15.6. The predicted molar refractivity (Wildman–Crippen MR) is 102 cm³/mol. The van der Waals surface area contributed by atoms with Crippen molar-refractivity contribution >= 4 is 32.8 Å². The first kappa shape index (κ1) is 15.3. The summed E-state index contributed by atoms with van der Waals surface area (Å²) in [5, 5.41) is 9.58. The second-order valence-corrected chi connectivity index (χ2v) is 8.06. The summed E-state index contributed by atoms with van der Waals surface area (Å²) in [4.78, 5) is 4.18. The van der Waals surface area contributed by atoms with Gasteiger partial charge in [-0.25, -0.2) is 0 Å². The van der Waals surface area contributed by atoms with Crippen LogP contribution < -0.4 is 5.32 Å². The predicted octanol–water partition coefficient (Wildman–Crippen LogP) is 4.66. The number of thiophene rings is 2. The Hall–Kier alpha value is -1.20. The zero-order valence-electron chi connectivity index (χ0n) is 13.4. The molecule has 3 aromatic rings. The van der Waals surface area contributed by atoms with Crippen LogP contribution in [0.15, 0.2) is 41.1 Å². The van der Waals surface area contributed by atoms with Gasteiger partial charge in [-0.05, 0) is 59.3 Å². The topological polar surface area (TPSA) is 15.3 Å². The Morgan fingerprint density at radius 3 is 2.87 bits per heavy atom. The van der Waals surface area contributed by atoms with Crippen LogP contribution in [0.25, 0.3) is 10.1 Å². The number of hydrogen-bond donors (Lipinski definition) is 1. The molecule has 2 aromatic heterocycles. The van der Waals surface area contributed by atoms with E-state index in [1.54, 1.807) is 0 Å². The highest BCUT2D eigenvalue weighted by Gasteiger charge is 2.27. The van der Waals surface area contributed by atoms with Crippen LogP contribution in [-0.2, 0) is 0 Å². The van der Waals surface area contributed by atoms with E-state index in [9.17, 15) is 0 Å². The van der Waals surface area contributed by atoms with E-state index in [2.05, 4.69) is 58.2 Å². The standard InChI is InChI=1S/C19H22N2S2/c1-14-7-12-22-19(14)18(21-10-4-8-20-9-11-21)16-13-23-17-6-3-2-5-15(16)17/h2-3,5-7,12-13,18,20H,4,8-11H2,1H3. The Morgan fingerprint density at radius 2 is 2.00 bits per heavy atom. The lowest BCUT2D eigenvalue weighted by molar-refractivity contribution is 0.245. The smallest absolute Gasteiger partial charge is 0.0713 e. The highest BCUT2D eigenvalue weighted by Crippen LogP contribution is 2.40. The summed E-state index contributed by atoms with van der Waals surface area (Å²) in [6.07, 6.45) is 1.23. The normalized spacial score (nSPS) is 18.1. The molecule has 1 saturated heterocycles. The number of nitrogens with zero attached hydrogens (tertiary/aromatic N) is 1. The summed E-state index contributed by atoms with van der Waals surface area (Å²) in [6.45, 7) is 6.76. The first-order valence-corrected chi connectivity index (χ1v) is 10.1. The average molecular weight is 343 g/mol. The van der Waals surface area contributed by atoms with E-state index in [4.69, 9.17) is 0 Å². The van der Waals surface area contributed by atoms with Gasteiger partial charge in [0.25, 0.3) is 0 Å². The van der Waals surface area contributed by atoms with E-state index in [-0.39, 0.29) is 0 Å². The first-order chi connectivity index (χ1) is 11.3. The van der Waals surface area contributed by atoms with E-state index >= 15 is 0 Å². The number of benzene rings is 1. The largest absolute Gasteiger partial charge is 0.315 e. The maximum Gasteiger partial charge on any atom is 0.0713 e. The minimum absolute atomic E-state index is 0.394. The van der Waals surface area contributed by atoms with Crippen LogP contribution in [0.3, 0.4) is 0 Å². The maximum absolute atomic E-state index is 3.54. The molecule has 1 aromatic carbocycles. The van der Waals surface area contributed by atoms with Gasteiger partial charge in [-0.2, -0.15) is 0 Å². The Balaban J connectivity index is 1.83. The third kappa shape index (κ3) is 2.96. The number of aryl methyl sites for hydroxylation is 1. The van der Waals surface area contributed by atoms with Crippen LogP contribution in [0.1, 0.15) is 28.5 Å².